The highest BCUT2D eigenvalue weighted by Crippen LogP contribution is 2.36. The van der Waals surface area contributed by atoms with Gasteiger partial charge in [-0.3, -0.25) is 0 Å². The van der Waals surface area contributed by atoms with Crippen molar-refractivity contribution >= 4 is 33.9 Å². The zero-order valence-electron chi connectivity index (χ0n) is 11.2. The Morgan fingerprint density at radius 2 is 2.53 bits per heavy atom. The molecule has 106 valence electrons. The normalized spacial score (nSPS) is 30.5. The van der Waals surface area contributed by atoms with Gasteiger partial charge in [-0.2, -0.15) is 0 Å². The van der Waals surface area contributed by atoms with Crippen molar-refractivity contribution in [3.05, 3.63) is 19.4 Å². The predicted octanol–water partition coefficient (Wildman–Crippen LogP) is 3.13. The largest absolute Gasteiger partial charge is 0.378 e. The van der Waals surface area contributed by atoms with Crippen LogP contribution in [0.5, 0.6) is 0 Å². The van der Waals surface area contributed by atoms with Gasteiger partial charge < -0.3 is 14.8 Å². The molecule has 0 radical (unpaired) electrons. The molecule has 1 fully saturated rings. The molecule has 2 heterocycles. The molecule has 1 aromatic heterocycles. The summed E-state index contributed by atoms with van der Waals surface area (Å²) in [5.74, 6) is 0. The standard InChI is InChI=1S/C14H20INO2S/c1-17-14(5-6-18-9-14)8-16-11-3-2-4-12-10(11)7-13(15)19-12/h7,11,16H,2-6,8-9H2,1H3. The van der Waals surface area contributed by atoms with E-state index in [1.54, 1.807) is 12.0 Å². The van der Waals surface area contributed by atoms with E-state index in [1.165, 1.54) is 27.7 Å². The van der Waals surface area contributed by atoms with E-state index in [4.69, 9.17) is 9.47 Å². The first-order chi connectivity index (χ1) is 9.22. The molecule has 19 heavy (non-hydrogen) atoms. The van der Waals surface area contributed by atoms with Gasteiger partial charge in [-0.25, -0.2) is 0 Å². The third-order valence-corrected chi connectivity index (χ3v) is 6.23. The summed E-state index contributed by atoms with van der Waals surface area (Å²) in [6.45, 7) is 2.43. The van der Waals surface area contributed by atoms with Crippen LogP contribution in [-0.4, -0.2) is 32.5 Å². The molecular formula is C14H20INO2S. The average molecular weight is 393 g/mol. The number of hydrogen-bond acceptors (Lipinski definition) is 4. The maximum atomic E-state index is 5.70. The second-order valence-corrected chi connectivity index (χ2v) is 8.48. The Morgan fingerprint density at radius 3 is 3.26 bits per heavy atom. The van der Waals surface area contributed by atoms with Crippen molar-refractivity contribution in [1.29, 1.82) is 0 Å². The summed E-state index contributed by atoms with van der Waals surface area (Å²) < 4.78 is 12.6. The van der Waals surface area contributed by atoms with Crippen molar-refractivity contribution in [1.82, 2.24) is 5.32 Å². The first kappa shape index (κ1) is 14.3. The highest BCUT2D eigenvalue weighted by molar-refractivity contribution is 14.1. The molecule has 2 atom stereocenters. The topological polar surface area (TPSA) is 30.5 Å². The second-order valence-electron chi connectivity index (χ2n) is 5.44. The first-order valence-electron chi connectivity index (χ1n) is 6.87. The number of fused-ring (bicyclic) bond motifs is 1. The Balaban J connectivity index is 1.67. The van der Waals surface area contributed by atoms with Crippen LogP contribution in [0, 0.1) is 2.88 Å². The van der Waals surface area contributed by atoms with E-state index in [0.717, 1.165) is 26.2 Å². The monoisotopic (exact) mass is 393 g/mol. The minimum Gasteiger partial charge on any atom is -0.378 e. The molecule has 0 amide bonds. The lowest BCUT2D eigenvalue weighted by Gasteiger charge is -2.31. The van der Waals surface area contributed by atoms with Crippen LogP contribution in [0.2, 0.25) is 0 Å². The Kier molecular flexibility index (Phi) is 4.48. The van der Waals surface area contributed by atoms with E-state index in [2.05, 4.69) is 34.0 Å². The van der Waals surface area contributed by atoms with Crippen LogP contribution < -0.4 is 5.32 Å². The van der Waals surface area contributed by atoms with Crippen LogP contribution in [-0.2, 0) is 15.9 Å². The van der Waals surface area contributed by atoms with Crippen LogP contribution in [0.15, 0.2) is 6.07 Å². The van der Waals surface area contributed by atoms with E-state index in [-0.39, 0.29) is 5.60 Å². The van der Waals surface area contributed by atoms with Crippen molar-refractivity contribution in [2.24, 2.45) is 0 Å². The second kappa shape index (κ2) is 5.97. The van der Waals surface area contributed by atoms with Crippen LogP contribution in [0.25, 0.3) is 0 Å². The molecule has 1 aliphatic carbocycles. The molecule has 0 aromatic carbocycles. The van der Waals surface area contributed by atoms with Crippen molar-refractivity contribution < 1.29 is 9.47 Å². The van der Waals surface area contributed by atoms with Gasteiger partial charge in [0, 0.05) is 37.6 Å². The maximum absolute atomic E-state index is 5.70. The summed E-state index contributed by atoms with van der Waals surface area (Å²) in [6.07, 6.45) is 4.77. The lowest BCUT2D eigenvalue weighted by molar-refractivity contribution is -0.0178. The zero-order valence-corrected chi connectivity index (χ0v) is 14.2. The van der Waals surface area contributed by atoms with Crippen LogP contribution >= 0.6 is 33.9 Å². The molecule has 0 saturated carbocycles. The number of thiophene rings is 1. The molecule has 0 spiro atoms. The third kappa shape index (κ3) is 3.00. The molecule has 1 saturated heterocycles. The predicted molar refractivity (Wildman–Crippen MR) is 85.9 cm³/mol. The van der Waals surface area contributed by atoms with Crippen LogP contribution in [0.1, 0.15) is 35.7 Å². The van der Waals surface area contributed by atoms with Gasteiger partial charge in [0.15, 0.2) is 0 Å². The number of methoxy groups -OCH3 is 1. The Labute approximate surface area is 132 Å². The first-order valence-corrected chi connectivity index (χ1v) is 8.76. The number of rotatable bonds is 4. The van der Waals surface area contributed by atoms with Crippen LogP contribution in [0.3, 0.4) is 0 Å². The molecule has 3 nitrogen and oxygen atoms in total. The Hall–Kier alpha value is 0.310. The SMILES string of the molecule is COC1(CNC2CCCc3sc(I)cc32)CCOC1. The number of aryl methyl sites for hydroxylation is 1. The van der Waals surface area contributed by atoms with Gasteiger partial charge in [0.1, 0.15) is 5.60 Å². The van der Waals surface area contributed by atoms with E-state index >= 15 is 0 Å². The molecule has 0 bridgehead atoms. The van der Waals surface area contributed by atoms with E-state index in [9.17, 15) is 0 Å². The Morgan fingerprint density at radius 1 is 1.63 bits per heavy atom. The highest BCUT2D eigenvalue weighted by Gasteiger charge is 2.36. The van der Waals surface area contributed by atoms with E-state index in [1.807, 2.05) is 11.3 Å². The van der Waals surface area contributed by atoms with Crippen LogP contribution in [0.4, 0.5) is 0 Å². The number of nitrogens with one attached hydrogen (secondary N) is 1. The van der Waals surface area contributed by atoms with E-state index < -0.39 is 0 Å². The minimum absolute atomic E-state index is 0.110. The average Bonchev–Trinajstić information content (AvgIpc) is 3.02. The van der Waals surface area contributed by atoms with Crippen molar-refractivity contribution in [2.45, 2.75) is 37.3 Å². The minimum atomic E-state index is -0.110. The molecule has 2 unspecified atom stereocenters. The fourth-order valence-electron chi connectivity index (χ4n) is 3.00. The van der Waals surface area contributed by atoms with Crippen molar-refractivity contribution in [3.63, 3.8) is 0 Å². The van der Waals surface area contributed by atoms with Gasteiger partial charge in [0.05, 0.1) is 9.49 Å². The lowest BCUT2D eigenvalue weighted by Crippen LogP contribution is -2.44. The number of halogens is 1. The highest BCUT2D eigenvalue weighted by atomic mass is 127. The maximum Gasteiger partial charge on any atom is 0.106 e. The van der Waals surface area contributed by atoms with Gasteiger partial charge in [-0.15, -0.1) is 11.3 Å². The molecular weight excluding hydrogens is 373 g/mol. The summed E-state index contributed by atoms with van der Waals surface area (Å²) in [5.41, 5.74) is 1.41. The molecule has 3 rings (SSSR count). The lowest BCUT2D eigenvalue weighted by atomic mass is 9.93. The number of hydrogen-bond donors (Lipinski definition) is 1. The number of ether oxygens (including phenoxy) is 2. The summed E-state index contributed by atoms with van der Waals surface area (Å²) in [7, 11) is 1.80. The molecule has 1 aromatic rings. The summed E-state index contributed by atoms with van der Waals surface area (Å²) in [5, 5.41) is 3.72. The fraction of sp³-hybridized carbons (Fsp3) is 0.714. The van der Waals surface area contributed by atoms with Gasteiger partial charge in [-0.05, 0) is 53.5 Å². The summed E-state index contributed by atoms with van der Waals surface area (Å²) >= 11 is 4.38. The Bertz CT molecular complexity index is 443. The molecule has 5 heteroatoms. The molecule has 2 aliphatic rings. The smallest absolute Gasteiger partial charge is 0.106 e. The summed E-state index contributed by atoms with van der Waals surface area (Å²) in [6, 6.07) is 2.85. The van der Waals surface area contributed by atoms with Crippen molar-refractivity contribution in [3.8, 4) is 0 Å². The molecule has 1 N–H and O–H groups in total. The van der Waals surface area contributed by atoms with Gasteiger partial charge >= 0.3 is 0 Å². The quantitative estimate of drug-likeness (QED) is 0.798. The fourth-order valence-corrected chi connectivity index (χ4v) is 5.12. The summed E-state index contributed by atoms with van der Waals surface area (Å²) in [4.78, 5) is 1.57. The zero-order chi connectivity index (χ0) is 13.3. The van der Waals surface area contributed by atoms with Gasteiger partial charge in [0.25, 0.3) is 0 Å². The van der Waals surface area contributed by atoms with Gasteiger partial charge in [-0.1, -0.05) is 0 Å². The van der Waals surface area contributed by atoms with E-state index in [0.29, 0.717) is 6.04 Å². The van der Waals surface area contributed by atoms with Gasteiger partial charge in [0.2, 0.25) is 0 Å². The third-order valence-electron chi connectivity index (χ3n) is 4.25. The van der Waals surface area contributed by atoms with Crippen molar-refractivity contribution in [2.75, 3.05) is 26.9 Å². The molecule has 1 aliphatic heterocycles.